The van der Waals surface area contributed by atoms with E-state index in [1.807, 2.05) is 0 Å². The van der Waals surface area contributed by atoms with Crippen LogP contribution in [0.2, 0.25) is 0 Å². The molecule has 0 bridgehead atoms. The highest BCUT2D eigenvalue weighted by molar-refractivity contribution is 5.20. The second-order valence-corrected chi connectivity index (χ2v) is 4.61. The Hall–Kier alpha value is 0. The Labute approximate surface area is 56.6 Å². The lowest BCUT2D eigenvalue weighted by molar-refractivity contribution is 0.359. The third kappa shape index (κ3) is 0.426. The molecular formula is C9H14. The van der Waals surface area contributed by atoms with Crippen LogP contribution in [0.3, 0.4) is 0 Å². The molecule has 3 saturated carbocycles. The maximum Gasteiger partial charge on any atom is -0.0235 e. The molecule has 3 aliphatic carbocycles. The molecule has 3 aliphatic rings. The minimum atomic E-state index is 0.993. The van der Waals surface area contributed by atoms with E-state index in [9.17, 15) is 0 Å². The van der Waals surface area contributed by atoms with Gasteiger partial charge in [0.15, 0.2) is 0 Å². The van der Waals surface area contributed by atoms with E-state index in [1.165, 1.54) is 11.8 Å². The summed E-state index contributed by atoms with van der Waals surface area (Å²) >= 11 is 0. The first kappa shape index (κ1) is 4.76. The fourth-order valence-corrected chi connectivity index (χ4v) is 3.25. The van der Waals surface area contributed by atoms with Crippen molar-refractivity contribution in [2.75, 3.05) is 0 Å². The van der Waals surface area contributed by atoms with Crippen LogP contribution < -0.4 is 0 Å². The fraction of sp³-hybridized carbons (Fsp3) is 1.00. The second-order valence-electron chi connectivity index (χ2n) is 4.61. The molecule has 1 spiro atoms. The summed E-state index contributed by atoms with van der Waals surface area (Å²) in [5.74, 6) is 3.47. The standard InChI is InChI=1S/C9H14/c1-6-2-7-4-9(7)5-8(9)3-6/h6-8H,2-5H2,1H3. The molecule has 9 heavy (non-hydrogen) atoms. The van der Waals surface area contributed by atoms with Gasteiger partial charge in [-0.1, -0.05) is 6.92 Å². The summed E-state index contributed by atoms with van der Waals surface area (Å²) in [6.45, 7) is 2.43. The SMILES string of the molecule is CC1CC2CC23CC3C1. The van der Waals surface area contributed by atoms with E-state index in [4.69, 9.17) is 0 Å². The van der Waals surface area contributed by atoms with Gasteiger partial charge in [-0.3, -0.25) is 0 Å². The molecule has 2 unspecified atom stereocenters. The van der Waals surface area contributed by atoms with Crippen molar-refractivity contribution in [3.05, 3.63) is 0 Å². The average molecular weight is 122 g/mol. The number of hydrogen-bond donors (Lipinski definition) is 0. The van der Waals surface area contributed by atoms with E-state index in [2.05, 4.69) is 6.92 Å². The first-order valence-electron chi connectivity index (χ1n) is 4.31. The van der Waals surface area contributed by atoms with Crippen LogP contribution in [0.25, 0.3) is 0 Å². The Morgan fingerprint density at radius 1 is 1.11 bits per heavy atom. The number of hydrogen-bond acceptors (Lipinski definition) is 0. The van der Waals surface area contributed by atoms with Crippen molar-refractivity contribution < 1.29 is 0 Å². The van der Waals surface area contributed by atoms with Gasteiger partial charge in [-0.25, -0.2) is 0 Å². The van der Waals surface area contributed by atoms with Crippen LogP contribution in [0, 0.1) is 23.2 Å². The van der Waals surface area contributed by atoms with Gasteiger partial charge in [0.05, 0.1) is 0 Å². The molecule has 0 nitrogen and oxygen atoms in total. The summed E-state index contributed by atoms with van der Waals surface area (Å²) < 4.78 is 0. The lowest BCUT2D eigenvalue weighted by atomic mass is 9.91. The van der Waals surface area contributed by atoms with Crippen LogP contribution in [0.5, 0.6) is 0 Å². The van der Waals surface area contributed by atoms with Crippen molar-refractivity contribution in [3.63, 3.8) is 0 Å². The van der Waals surface area contributed by atoms with E-state index in [0.29, 0.717) is 0 Å². The Kier molecular flexibility index (Phi) is 0.574. The topological polar surface area (TPSA) is 0 Å². The van der Waals surface area contributed by atoms with Crippen molar-refractivity contribution in [1.82, 2.24) is 0 Å². The van der Waals surface area contributed by atoms with Crippen molar-refractivity contribution >= 4 is 0 Å². The van der Waals surface area contributed by atoms with Gasteiger partial charge in [0, 0.05) is 0 Å². The van der Waals surface area contributed by atoms with Crippen LogP contribution in [0.1, 0.15) is 32.6 Å². The van der Waals surface area contributed by atoms with E-state index in [1.54, 1.807) is 25.7 Å². The number of rotatable bonds is 0. The summed E-state index contributed by atoms with van der Waals surface area (Å²) in [6, 6.07) is 0. The quantitative estimate of drug-likeness (QED) is 0.463. The van der Waals surface area contributed by atoms with Crippen LogP contribution in [0.15, 0.2) is 0 Å². The zero-order valence-corrected chi connectivity index (χ0v) is 6.06. The molecule has 0 N–H and O–H groups in total. The maximum atomic E-state index is 2.43. The van der Waals surface area contributed by atoms with Gasteiger partial charge >= 0.3 is 0 Å². The van der Waals surface area contributed by atoms with Gasteiger partial charge in [0.1, 0.15) is 0 Å². The van der Waals surface area contributed by atoms with E-state index in [-0.39, 0.29) is 0 Å². The molecule has 0 aliphatic heterocycles. The van der Waals surface area contributed by atoms with Gasteiger partial charge in [-0.05, 0) is 48.9 Å². The predicted molar refractivity (Wildman–Crippen MR) is 37.0 cm³/mol. The lowest BCUT2D eigenvalue weighted by Crippen LogP contribution is -2.05. The molecular weight excluding hydrogens is 108 g/mol. The first-order valence-corrected chi connectivity index (χ1v) is 4.31. The minimum absolute atomic E-state index is 0.993. The Balaban J connectivity index is 1.88. The molecule has 0 aromatic carbocycles. The molecule has 50 valence electrons. The van der Waals surface area contributed by atoms with Crippen LogP contribution >= 0.6 is 0 Å². The highest BCUT2D eigenvalue weighted by atomic mass is 14.8. The fourth-order valence-electron chi connectivity index (χ4n) is 3.25. The van der Waals surface area contributed by atoms with Crippen molar-refractivity contribution in [2.45, 2.75) is 32.6 Å². The van der Waals surface area contributed by atoms with Gasteiger partial charge < -0.3 is 0 Å². The molecule has 0 heterocycles. The van der Waals surface area contributed by atoms with E-state index >= 15 is 0 Å². The predicted octanol–water partition coefficient (Wildman–Crippen LogP) is 2.44. The molecule has 0 heteroatoms. The summed E-state index contributed by atoms with van der Waals surface area (Å²) in [5, 5.41) is 0. The molecule has 3 fully saturated rings. The third-order valence-corrected chi connectivity index (χ3v) is 3.93. The Morgan fingerprint density at radius 2 is 1.67 bits per heavy atom. The monoisotopic (exact) mass is 122 g/mol. The third-order valence-electron chi connectivity index (χ3n) is 3.93. The van der Waals surface area contributed by atoms with Crippen LogP contribution in [0.4, 0.5) is 0 Å². The van der Waals surface area contributed by atoms with Gasteiger partial charge in [-0.2, -0.15) is 0 Å². The average Bonchev–Trinajstić information content (AvgIpc) is 2.50. The van der Waals surface area contributed by atoms with Gasteiger partial charge in [0.25, 0.3) is 0 Å². The minimum Gasteiger partial charge on any atom is -0.0625 e. The summed E-state index contributed by atoms with van der Waals surface area (Å²) in [5.41, 5.74) is 0.993. The smallest absolute Gasteiger partial charge is 0.0235 e. The largest absolute Gasteiger partial charge is 0.0625 e. The first-order chi connectivity index (χ1) is 4.31. The van der Waals surface area contributed by atoms with E-state index < -0.39 is 0 Å². The molecule has 2 atom stereocenters. The van der Waals surface area contributed by atoms with Gasteiger partial charge in [0.2, 0.25) is 0 Å². The highest BCUT2D eigenvalue weighted by Gasteiger charge is 2.71. The second kappa shape index (κ2) is 1.09. The molecule has 0 radical (unpaired) electrons. The van der Waals surface area contributed by atoms with Crippen LogP contribution in [-0.2, 0) is 0 Å². The van der Waals surface area contributed by atoms with E-state index in [0.717, 1.165) is 11.3 Å². The summed E-state index contributed by atoms with van der Waals surface area (Å²) in [7, 11) is 0. The molecule has 0 aromatic heterocycles. The highest BCUT2D eigenvalue weighted by Crippen LogP contribution is 2.80. The molecule has 3 rings (SSSR count). The zero-order chi connectivity index (χ0) is 6.06. The molecule has 0 aromatic rings. The van der Waals surface area contributed by atoms with Crippen molar-refractivity contribution in [3.8, 4) is 0 Å². The van der Waals surface area contributed by atoms with Crippen molar-refractivity contribution in [1.29, 1.82) is 0 Å². The van der Waals surface area contributed by atoms with Gasteiger partial charge in [-0.15, -0.1) is 0 Å². The molecule has 0 saturated heterocycles. The lowest BCUT2D eigenvalue weighted by Gasteiger charge is -2.14. The Bertz CT molecular complexity index is 141. The Morgan fingerprint density at radius 3 is 2.22 bits per heavy atom. The zero-order valence-electron chi connectivity index (χ0n) is 6.06. The molecule has 0 amide bonds. The van der Waals surface area contributed by atoms with Crippen molar-refractivity contribution in [2.24, 2.45) is 23.2 Å². The maximum absolute atomic E-state index is 2.43. The summed E-state index contributed by atoms with van der Waals surface area (Å²) in [6.07, 6.45) is 6.36. The summed E-state index contributed by atoms with van der Waals surface area (Å²) in [4.78, 5) is 0. The normalized spacial score (nSPS) is 68.3. The van der Waals surface area contributed by atoms with Crippen LogP contribution in [-0.4, -0.2) is 0 Å².